The van der Waals surface area contributed by atoms with Crippen molar-refractivity contribution >= 4 is 0 Å². The Labute approximate surface area is 90.1 Å². The van der Waals surface area contributed by atoms with Gasteiger partial charge in [-0.2, -0.15) is 0 Å². The fourth-order valence-electron chi connectivity index (χ4n) is 1.19. The Kier molecular flexibility index (Phi) is 7.55. The molecule has 0 nitrogen and oxygen atoms in total. The molecule has 82 valence electrons. The van der Waals surface area contributed by atoms with Gasteiger partial charge in [-0.3, -0.25) is 0 Å². The molecule has 0 N–H and O–H groups in total. The smallest absolute Gasteiger partial charge is 0.0203 e. The van der Waals surface area contributed by atoms with Crippen LogP contribution in [0, 0.1) is 5.41 Å². The predicted molar refractivity (Wildman–Crippen MR) is 66.5 cm³/mol. The Balaban J connectivity index is 3.37. The molecular formula is C14H26. The molecule has 0 spiro atoms. The predicted octanol–water partition coefficient (Wildman–Crippen LogP) is 5.12. The average molecular weight is 194 g/mol. The van der Waals surface area contributed by atoms with Crippen molar-refractivity contribution in [2.45, 2.75) is 59.8 Å². The van der Waals surface area contributed by atoms with Crippen LogP contribution in [0.4, 0.5) is 0 Å². The van der Waals surface area contributed by atoms with Crippen molar-refractivity contribution in [2.24, 2.45) is 5.41 Å². The zero-order valence-corrected chi connectivity index (χ0v) is 10.3. The van der Waals surface area contributed by atoms with Crippen LogP contribution in [-0.2, 0) is 0 Å². The van der Waals surface area contributed by atoms with Crippen LogP contribution in [-0.4, -0.2) is 0 Å². The maximum absolute atomic E-state index is 2.31. The summed E-state index contributed by atoms with van der Waals surface area (Å²) in [6.07, 6.45) is 15.5. The Morgan fingerprint density at radius 1 is 0.857 bits per heavy atom. The molecule has 0 unspecified atom stereocenters. The SMILES string of the molecule is CCCCC=CCCC=CC(C)(C)C. The lowest BCUT2D eigenvalue weighted by atomic mass is 9.96. The fourth-order valence-corrected chi connectivity index (χ4v) is 1.19. The van der Waals surface area contributed by atoms with Crippen LogP contribution < -0.4 is 0 Å². The van der Waals surface area contributed by atoms with E-state index in [0.717, 1.165) is 0 Å². The summed E-state index contributed by atoms with van der Waals surface area (Å²) in [5, 5.41) is 0. The first-order valence-corrected chi connectivity index (χ1v) is 5.89. The molecule has 14 heavy (non-hydrogen) atoms. The maximum atomic E-state index is 2.31. The molecule has 0 bridgehead atoms. The minimum absolute atomic E-state index is 0.339. The van der Waals surface area contributed by atoms with E-state index in [1.165, 1.54) is 32.1 Å². The molecule has 0 rings (SSSR count). The van der Waals surface area contributed by atoms with Gasteiger partial charge in [-0.15, -0.1) is 0 Å². The van der Waals surface area contributed by atoms with Gasteiger partial charge in [0, 0.05) is 0 Å². The van der Waals surface area contributed by atoms with Crippen LogP contribution in [0.3, 0.4) is 0 Å². The summed E-state index contributed by atoms with van der Waals surface area (Å²) < 4.78 is 0. The fraction of sp³-hybridized carbons (Fsp3) is 0.714. The summed E-state index contributed by atoms with van der Waals surface area (Å²) in [5.74, 6) is 0. The van der Waals surface area contributed by atoms with E-state index in [1.807, 2.05) is 0 Å². The molecule has 0 heterocycles. The lowest BCUT2D eigenvalue weighted by Crippen LogP contribution is -1.97. The zero-order chi connectivity index (χ0) is 10.9. The molecule has 0 saturated carbocycles. The van der Waals surface area contributed by atoms with E-state index >= 15 is 0 Å². The van der Waals surface area contributed by atoms with E-state index in [1.54, 1.807) is 0 Å². The van der Waals surface area contributed by atoms with Gasteiger partial charge in [0.2, 0.25) is 0 Å². The van der Waals surface area contributed by atoms with Crippen molar-refractivity contribution in [3.63, 3.8) is 0 Å². The number of unbranched alkanes of at least 4 members (excludes halogenated alkanes) is 3. The van der Waals surface area contributed by atoms with Crippen LogP contribution in [0.15, 0.2) is 24.3 Å². The van der Waals surface area contributed by atoms with E-state index in [4.69, 9.17) is 0 Å². The summed E-state index contributed by atoms with van der Waals surface area (Å²) in [5.41, 5.74) is 0.339. The average Bonchev–Trinajstić information content (AvgIpc) is 2.08. The first-order chi connectivity index (χ1) is 6.56. The number of hydrogen-bond acceptors (Lipinski definition) is 0. The summed E-state index contributed by atoms with van der Waals surface area (Å²) in [7, 11) is 0. The first-order valence-electron chi connectivity index (χ1n) is 5.89. The molecule has 0 heteroatoms. The van der Waals surface area contributed by atoms with Gasteiger partial charge in [0.15, 0.2) is 0 Å². The minimum atomic E-state index is 0.339. The first kappa shape index (κ1) is 13.5. The third kappa shape index (κ3) is 11.5. The normalized spacial score (nSPS) is 13.1. The Bertz CT molecular complexity index is 167. The molecule has 0 aliphatic carbocycles. The second-order valence-electron chi connectivity index (χ2n) is 4.96. The number of hydrogen-bond donors (Lipinski definition) is 0. The highest BCUT2D eigenvalue weighted by molar-refractivity contribution is 4.94. The molecule has 0 aliphatic rings. The van der Waals surface area contributed by atoms with Gasteiger partial charge in [-0.1, -0.05) is 64.8 Å². The lowest BCUT2D eigenvalue weighted by Gasteiger charge is -2.10. The Morgan fingerprint density at radius 3 is 2.00 bits per heavy atom. The van der Waals surface area contributed by atoms with Gasteiger partial charge in [-0.05, 0) is 24.7 Å². The van der Waals surface area contributed by atoms with Crippen LogP contribution >= 0.6 is 0 Å². The Hall–Kier alpha value is -0.520. The highest BCUT2D eigenvalue weighted by atomic mass is 14.1. The molecule has 0 aromatic heterocycles. The number of allylic oxidation sites excluding steroid dienone is 4. The molecule has 0 fully saturated rings. The third-order valence-electron chi connectivity index (χ3n) is 2.01. The molecule has 0 amide bonds. The standard InChI is InChI=1S/C14H26/c1-5-6-7-8-9-10-11-12-13-14(2,3)4/h8-9,12-13H,5-7,10-11H2,1-4H3. The van der Waals surface area contributed by atoms with Crippen molar-refractivity contribution in [3.8, 4) is 0 Å². The monoisotopic (exact) mass is 194 g/mol. The van der Waals surface area contributed by atoms with Gasteiger partial charge in [0.25, 0.3) is 0 Å². The van der Waals surface area contributed by atoms with Gasteiger partial charge < -0.3 is 0 Å². The van der Waals surface area contributed by atoms with E-state index < -0.39 is 0 Å². The van der Waals surface area contributed by atoms with E-state index in [0.29, 0.717) is 5.41 Å². The van der Waals surface area contributed by atoms with Crippen molar-refractivity contribution in [1.82, 2.24) is 0 Å². The summed E-state index contributed by atoms with van der Waals surface area (Å²) in [4.78, 5) is 0. The Morgan fingerprint density at radius 2 is 1.43 bits per heavy atom. The van der Waals surface area contributed by atoms with Crippen molar-refractivity contribution in [2.75, 3.05) is 0 Å². The highest BCUT2D eigenvalue weighted by Crippen LogP contribution is 2.15. The van der Waals surface area contributed by atoms with Crippen molar-refractivity contribution in [3.05, 3.63) is 24.3 Å². The summed E-state index contributed by atoms with van der Waals surface area (Å²) >= 11 is 0. The third-order valence-corrected chi connectivity index (χ3v) is 2.01. The number of rotatable bonds is 6. The molecule has 0 aromatic rings. The van der Waals surface area contributed by atoms with Gasteiger partial charge in [0.05, 0.1) is 0 Å². The van der Waals surface area contributed by atoms with E-state index in [9.17, 15) is 0 Å². The minimum Gasteiger partial charge on any atom is -0.0885 e. The molecule has 0 aromatic carbocycles. The van der Waals surface area contributed by atoms with E-state index in [-0.39, 0.29) is 0 Å². The topological polar surface area (TPSA) is 0 Å². The quantitative estimate of drug-likeness (QED) is 0.407. The van der Waals surface area contributed by atoms with Gasteiger partial charge in [0.1, 0.15) is 0 Å². The van der Waals surface area contributed by atoms with Crippen molar-refractivity contribution < 1.29 is 0 Å². The lowest BCUT2D eigenvalue weighted by molar-refractivity contribution is 0.542. The van der Waals surface area contributed by atoms with Gasteiger partial charge >= 0.3 is 0 Å². The zero-order valence-electron chi connectivity index (χ0n) is 10.3. The van der Waals surface area contributed by atoms with Crippen LogP contribution in [0.25, 0.3) is 0 Å². The highest BCUT2D eigenvalue weighted by Gasteiger charge is 2.01. The van der Waals surface area contributed by atoms with Gasteiger partial charge in [-0.25, -0.2) is 0 Å². The van der Waals surface area contributed by atoms with Crippen LogP contribution in [0.5, 0.6) is 0 Å². The van der Waals surface area contributed by atoms with Crippen LogP contribution in [0.2, 0.25) is 0 Å². The second kappa shape index (κ2) is 7.84. The molecular weight excluding hydrogens is 168 g/mol. The molecule has 0 aliphatic heterocycles. The molecule has 0 saturated heterocycles. The van der Waals surface area contributed by atoms with Crippen LogP contribution in [0.1, 0.15) is 59.8 Å². The largest absolute Gasteiger partial charge is 0.0885 e. The molecule has 0 atom stereocenters. The summed E-state index contributed by atoms with van der Waals surface area (Å²) in [6, 6.07) is 0. The van der Waals surface area contributed by atoms with Crippen molar-refractivity contribution in [1.29, 1.82) is 0 Å². The van der Waals surface area contributed by atoms with E-state index in [2.05, 4.69) is 52.0 Å². The summed E-state index contributed by atoms with van der Waals surface area (Å²) in [6.45, 7) is 8.95. The molecule has 0 radical (unpaired) electrons. The second-order valence-corrected chi connectivity index (χ2v) is 4.96. The maximum Gasteiger partial charge on any atom is -0.0203 e.